The minimum absolute atomic E-state index is 0.0271. The molecule has 1 aromatic rings. The summed E-state index contributed by atoms with van der Waals surface area (Å²) in [4.78, 5) is 0. The molecule has 0 aliphatic carbocycles. The van der Waals surface area contributed by atoms with Crippen LogP contribution in [-0.2, 0) is 15.2 Å². The van der Waals surface area contributed by atoms with Crippen molar-refractivity contribution in [2.75, 3.05) is 21.3 Å². The molecule has 0 bridgehead atoms. The molecular formula is C10H14FNO6S. The van der Waals surface area contributed by atoms with Gasteiger partial charge < -0.3 is 14.2 Å². The van der Waals surface area contributed by atoms with Crippen LogP contribution in [0.4, 0.5) is 3.89 Å². The second kappa shape index (κ2) is 7.54. The molecule has 7 nitrogen and oxygen atoms in total. The van der Waals surface area contributed by atoms with E-state index in [1.165, 1.54) is 7.11 Å². The van der Waals surface area contributed by atoms with Gasteiger partial charge in [-0.15, -0.1) is 0 Å². The molecule has 9 heteroatoms. The maximum Gasteiger partial charge on any atom is 0.435 e. The number of halogens is 1. The Labute approximate surface area is 110 Å². The van der Waals surface area contributed by atoms with E-state index in [9.17, 15) is 3.89 Å². The standard InChI is InChI=1S/C10H13NO3.FHO3S/c1-12-7-5-4-6-8(13-2)9(7)10(11)14-3;1-5(2,3)4/h4-6,11H,1-3H3;(H,2,3,4). The van der Waals surface area contributed by atoms with Crippen LogP contribution in [0.3, 0.4) is 0 Å². The maximum absolute atomic E-state index is 10.2. The van der Waals surface area contributed by atoms with Crippen LogP contribution in [0.2, 0.25) is 0 Å². The van der Waals surface area contributed by atoms with Crippen LogP contribution >= 0.6 is 0 Å². The number of ether oxygens (including phenoxy) is 3. The lowest BCUT2D eigenvalue weighted by atomic mass is 10.1. The fraction of sp³-hybridized carbons (Fsp3) is 0.300. The van der Waals surface area contributed by atoms with Crippen molar-refractivity contribution >= 4 is 16.4 Å². The lowest BCUT2D eigenvalue weighted by molar-refractivity contribution is 0.371. The quantitative estimate of drug-likeness (QED) is 0.378. The van der Waals surface area contributed by atoms with Crippen LogP contribution in [-0.4, -0.2) is 40.2 Å². The van der Waals surface area contributed by atoms with Crippen molar-refractivity contribution in [3.63, 3.8) is 0 Å². The van der Waals surface area contributed by atoms with Crippen molar-refractivity contribution in [3.8, 4) is 11.5 Å². The molecule has 1 rings (SSSR count). The minimum atomic E-state index is -5.17. The van der Waals surface area contributed by atoms with Crippen molar-refractivity contribution in [1.29, 1.82) is 5.41 Å². The smallest absolute Gasteiger partial charge is 0.435 e. The van der Waals surface area contributed by atoms with Gasteiger partial charge in [-0.3, -0.25) is 9.96 Å². The third kappa shape index (κ3) is 6.58. The summed E-state index contributed by atoms with van der Waals surface area (Å²) in [5.41, 5.74) is 0.528. The van der Waals surface area contributed by atoms with Gasteiger partial charge in [-0.1, -0.05) is 9.95 Å². The molecule has 0 saturated heterocycles. The van der Waals surface area contributed by atoms with Crippen molar-refractivity contribution in [3.05, 3.63) is 23.8 Å². The summed E-state index contributed by atoms with van der Waals surface area (Å²) in [5.74, 6) is 1.16. The Bertz CT molecular complexity index is 501. The highest BCUT2D eigenvalue weighted by Crippen LogP contribution is 2.28. The molecular weight excluding hydrogens is 281 g/mol. The van der Waals surface area contributed by atoms with Crippen LogP contribution < -0.4 is 9.47 Å². The number of rotatable bonds is 3. The van der Waals surface area contributed by atoms with E-state index in [0.717, 1.165) is 0 Å². The maximum atomic E-state index is 10.2. The second-order valence-electron chi connectivity index (χ2n) is 2.98. The monoisotopic (exact) mass is 295 g/mol. The second-order valence-corrected chi connectivity index (χ2v) is 3.81. The SMILES string of the molecule is COC(=N)c1c(OC)cccc1OC.O=S(=O)(O)F. The van der Waals surface area contributed by atoms with E-state index in [2.05, 4.69) is 0 Å². The highest BCUT2D eigenvalue weighted by molar-refractivity contribution is 7.80. The average Bonchev–Trinajstić information content (AvgIpc) is 2.34. The largest absolute Gasteiger partial charge is 0.496 e. The Morgan fingerprint density at radius 1 is 1.21 bits per heavy atom. The summed E-state index contributed by atoms with van der Waals surface area (Å²) in [6, 6.07) is 5.31. The summed E-state index contributed by atoms with van der Waals surface area (Å²) in [7, 11) is -0.642. The third-order valence-electron chi connectivity index (χ3n) is 1.86. The first kappa shape index (κ1) is 17.1. The van der Waals surface area contributed by atoms with Crippen LogP contribution in [0.15, 0.2) is 18.2 Å². The van der Waals surface area contributed by atoms with Gasteiger partial charge in [0.05, 0.1) is 21.3 Å². The Balaban J connectivity index is 0.000000555. The summed E-state index contributed by atoms with van der Waals surface area (Å²) in [6.07, 6.45) is 0. The summed E-state index contributed by atoms with van der Waals surface area (Å²) in [6.45, 7) is 0. The number of benzene rings is 1. The van der Waals surface area contributed by atoms with Gasteiger partial charge in [0.1, 0.15) is 17.1 Å². The minimum Gasteiger partial charge on any atom is -0.496 e. The van der Waals surface area contributed by atoms with E-state index in [1.807, 2.05) is 0 Å². The molecule has 0 aliphatic rings. The Kier molecular flexibility index (Phi) is 6.80. The summed E-state index contributed by atoms with van der Waals surface area (Å²) < 4.78 is 49.1. The summed E-state index contributed by atoms with van der Waals surface area (Å²) in [5, 5.41) is 7.58. The van der Waals surface area contributed by atoms with E-state index in [-0.39, 0.29) is 5.90 Å². The van der Waals surface area contributed by atoms with Crippen molar-refractivity contribution in [1.82, 2.24) is 0 Å². The zero-order valence-corrected chi connectivity index (χ0v) is 11.3. The van der Waals surface area contributed by atoms with E-state index in [4.69, 9.17) is 32.6 Å². The molecule has 0 aliphatic heterocycles. The van der Waals surface area contributed by atoms with Crippen molar-refractivity contribution < 1.29 is 31.1 Å². The molecule has 0 spiro atoms. The van der Waals surface area contributed by atoms with Gasteiger partial charge >= 0.3 is 10.5 Å². The molecule has 0 heterocycles. The van der Waals surface area contributed by atoms with Gasteiger partial charge in [0.25, 0.3) is 0 Å². The molecule has 1 aromatic carbocycles. The van der Waals surface area contributed by atoms with Crippen molar-refractivity contribution in [2.24, 2.45) is 0 Å². The van der Waals surface area contributed by atoms with Crippen LogP contribution in [0, 0.1) is 5.41 Å². The highest BCUT2D eigenvalue weighted by atomic mass is 32.3. The third-order valence-corrected chi connectivity index (χ3v) is 1.86. The first-order chi connectivity index (χ1) is 8.74. The molecule has 0 unspecified atom stereocenters. The Hall–Kier alpha value is -1.87. The number of hydrogen-bond donors (Lipinski definition) is 2. The van der Waals surface area contributed by atoms with E-state index >= 15 is 0 Å². The molecule has 0 atom stereocenters. The van der Waals surface area contributed by atoms with Gasteiger partial charge in [-0.2, -0.15) is 8.42 Å². The fourth-order valence-electron chi connectivity index (χ4n) is 1.18. The first-order valence-corrected chi connectivity index (χ1v) is 6.09. The van der Waals surface area contributed by atoms with Crippen LogP contribution in [0.1, 0.15) is 5.56 Å². The zero-order chi connectivity index (χ0) is 15.1. The van der Waals surface area contributed by atoms with E-state index < -0.39 is 10.5 Å². The molecule has 0 radical (unpaired) electrons. The molecule has 108 valence electrons. The normalized spacial score (nSPS) is 9.95. The van der Waals surface area contributed by atoms with Gasteiger partial charge in [0.2, 0.25) is 5.90 Å². The fourth-order valence-corrected chi connectivity index (χ4v) is 1.18. The summed E-state index contributed by atoms with van der Waals surface area (Å²) >= 11 is 0. The van der Waals surface area contributed by atoms with Gasteiger partial charge in [0.15, 0.2) is 0 Å². The lowest BCUT2D eigenvalue weighted by Crippen LogP contribution is -2.06. The number of hydrogen-bond acceptors (Lipinski definition) is 6. The van der Waals surface area contributed by atoms with Crippen LogP contribution in [0.25, 0.3) is 0 Å². The topological polar surface area (TPSA) is 106 Å². The Morgan fingerprint density at radius 2 is 1.58 bits per heavy atom. The predicted molar refractivity (Wildman–Crippen MR) is 66.0 cm³/mol. The molecule has 19 heavy (non-hydrogen) atoms. The highest BCUT2D eigenvalue weighted by Gasteiger charge is 2.14. The average molecular weight is 295 g/mol. The number of methoxy groups -OCH3 is 3. The first-order valence-electron chi connectivity index (χ1n) is 4.75. The number of nitrogens with one attached hydrogen (secondary N) is 1. The molecule has 0 aromatic heterocycles. The van der Waals surface area contributed by atoms with Gasteiger partial charge in [0, 0.05) is 0 Å². The molecule has 2 N–H and O–H groups in total. The van der Waals surface area contributed by atoms with Gasteiger partial charge in [-0.05, 0) is 12.1 Å². The van der Waals surface area contributed by atoms with Crippen LogP contribution in [0.5, 0.6) is 11.5 Å². The molecule has 0 fully saturated rings. The van der Waals surface area contributed by atoms with E-state index in [0.29, 0.717) is 17.1 Å². The lowest BCUT2D eigenvalue weighted by Gasteiger charge is -2.12. The predicted octanol–water partition coefficient (Wildman–Crippen LogP) is 1.43. The Morgan fingerprint density at radius 3 is 1.84 bits per heavy atom. The molecule has 0 saturated carbocycles. The van der Waals surface area contributed by atoms with E-state index in [1.54, 1.807) is 32.4 Å². The molecule has 0 amide bonds. The zero-order valence-electron chi connectivity index (χ0n) is 10.5. The van der Waals surface area contributed by atoms with Crippen molar-refractivity contribution in [2.45, 2.75) is 0 Å². The van der Waals surface area contributed by atoms with Gasteiger partial charge in [-0.25, -0.2) is 0 Å².